The van der Waals surface area contributed by atoms with Gasteiger partial charge in [0.1, 0.15) is 5.71 Å². The van der Waals surface area contributed by atoms with E-state index in [1.165, 1.54) is 0 Å². The molecule has 0 spiro atoms. The topological polar surface area (TPSA) is 49.7 Å². The van der Waals surface area contributed by atoms with E-state index in [0.717, 1.165) is 12.8 Å². The molecule has 0 amide bonds. The molecule has 1 fully saturated rings. The second-order valence-electron chi connectivity index (χ2n) is 2.70. The molecule has 10 heavy (non-hydrogen) atoms. The number of hydrogen-bond acceptors (Lipinski definition) is 3. The molecular weight excluding hydrogens is 130 g/mol. The molecule has 1 rings (SSSR count). The van der Waals surface area contributed by atoms with Crippen LogP contribution in [0.15, 0.2) is 5.16 Å². The third-order valence-corrected chi connectivity index (χ3v) is 1.90. The lowest BCUT2D eigenvalue weighted by atomic mass is 9.88. The smallest absolute Gasteiger partial charge is 0.183 e. The third-order valence-electron chi connectivity index (χ3n) is 1.90. The van der Waals surface area contributed by atoms with Crippen LogP contribution >= 0.6 is 0 Å². The summed E-state index contributed by atoms with van der Waals surface area (Å²) >= 11 is 0. The zero-order valence-electron chi connectivity index (χ0n) is 6.00. The Hall–Kier alpha value is -0.860. The molecule has 0 heterocycles. The normalized spacial score (nSPS) is 31.1. The van der Waals surface area contributed by atoms with Crippen LogP contribution in [0.25, 0.3) is 0 Å². The van der Waals surface area contributed by atoms with E-state index in [4.69, 9.17) is 5.21 Å². The summed E-state index contributed by atoms with van der Waals surface area (Å²) in [6.07, 6.45) is 2.53. The maximum atomic E-state index is 11.1. The van der Waals surface area contributed by atoms with E-state index >= 15 is 0 Å². The molecule has 1 aliphatic rings. The van der Waals surface area contributed by atoms with Crippen molar-refractivity contribution in [2.45, 2.75) is 26.2 Å². The first-order valence-corrected chi connectivity index (χ1v) is 3.51. The number of rotatable bonds is 0. The number of Topliss-reactive ketones (excluding diaryl/α,β-unsaturated/α-hetero) is 1. The SMILES string of the molecule is C[C@H]1CCC/C(=N/O)C1=O. The first kappa shape index (κ1) is 7.25. The van der Waals surface area contributed by atoms with Crippen molar-refractivity contribution < 1.29 is 10.0 Å². The first-order valence-electron chi connectivity index (χ1n) is 3.51. The second-order valence-corrected chi connectivity index (χ2v) is 2.70. The molecule has 0 aromatic carbocycles. The van der Waals surface area contributed by atoms with Gasteiger partial charge in [-0.05, 0) is 19.3 Å². The Morgan fingerprint density at radius 1 is 1.70 bits per heavy atom. The van der Waals surface area contributed by atoms with E-state index in [9.17, 15) is 4.79 Å². The van der Waals surface area contributed by atoms with Crippen molar-refractivity contribution in [3.05, 3.63) is 0 Å². The highest BCUT2D eigenvalue weighted by molar-refractivity contribution is 6.40. The highest BCUT2D eigenvalue weighted by Gasteiger charge is 2.23. The molecule has 0 saturated heterocycles. The minimum atomic E-state index is 0.00810. The van der Waals surface area contributed by atoms with Gasteiger partial charge in [0.2, 0.25) is 0 Å². The van der Waals surface area contributed by atoms with Crippen LogP contribution in [0.2, 0.25) is 0 Å². The summed E-state index contributed by atoms with van der Waals surface area (Å²) in [5.74, 6) is 0.0633. The second kappa shape index (κ2) is 2.82. The average Bonchev–Trinajstić information content (AvgIpc) is 1.95. The number of hydrogen-bond donors (Lipinski definition) is 1. The minimum absolute atomic E-state index is 0.00810. The Morgan fingerprint density at radius 3 is 2.90 bits per heavy atom. The summed E-state index contributed by atoms with van der Waals surface area (Å²) in [6.45, 7) is 1.87. The van der Waals surface area contributed by atoms with Crippen molar-refractivity contribution in [3.63, 3.8) is 0 Å². The first-order chi connectivity index (χ1) is 4.75. The molecular formula is C7H11NO2. The minimum Gasteiger partial charge on any atom is -0.411 e. The van der Waals surface area contributed by atoms with Crippen LogP contribution in [0.3, 0.4) is 0 Å². The summed E-state index contributed by atoms with van der Waals surface area (Å²) in [5, 5.41) is 11.3. The van der Waals surface area contributed by atoms with E-state index in [1.807, 2.05) is 6.92 Å². The Labute approximate surface area is 59.7 Å². The summed E-state index contributed by atoms with van der Waals surface area (Å²) in [5.41, 5.74) is 0.346. The van der Waals surface area contributed by atoms with Crippen molar-refractivity contribution in [3.8, 4) is 0 Å². The maximum Gasteiger partial charge on any atom is 0.183 e. The molecule has 0 aromatic heterocycles. The largest absolute Gasteiger partial charge is 0.411 e. The van der Waals surface area contributed by atoms with Crippen molar-refractivity contribution in [1.82, 2.24) is 0 Å². The van der Waals surface area contributed by atoms with Crippen LogP contribution < -0.4 is 0 Å². The molecule has 1 saturated carbocycles. The van der Waals surface area contributed by atoms with Gasteiger partial charge >= 0.3 is 0 Å². The van der Waals surface area contributed by atoms with Crippen molar-refractivity contribution in [2.75, 3.05) is 0 Å². The third kappa shape index (κ3) is 1.17. The van der Waals surface area contributed by atoms with Crippen molar-refractivity contribution >= 4 is 11.5 Å². The molecule has 56 valence electrons. The van der Waals surface area contributed by atoms with E-state index in [2.05, 4.69) is 5.16 Å². The number of oxime groups is 1. The lowest BCUT2D eigenvalue weighted by molar-refractivity contribution is -0.117. The molecule has 1 aliphatic carbocycles. The van der Waals surface area contributed by atoms with E-state index in [-0.39, 0.29) is 11.7 Å². The molecule has 0 radical (unpaired) electrons. The molecule has 0 aliphatic heterocycles. The molecule has 0 unspecified atom stereocenters. The summed E-state index contributed by atoms with van der Waals surface area (Å²) < 4.78 is 0. The van der Waals surface area contributed by atoms with Gasteiger partial charge in [-0.15, -0.1) is 0 Å². The number of ketones is 1. The molecule has 0 aromatic rings. The maximum absolute atomic E-state index is 11.1. The molecule has 1 atom stereocenters. The quantitative estimate of drug-likeness (QED) is 0.407. The van der Waals surface area contributed by atoms with Crippen molar-refractivity contribution in [1.29, 1.82) is 0 Å². The van der Waals surface area contributed by atoms with E-state index < -0.39 is 0 Å². The molecule has 3 heteroatoms. The lowest BCUT2D eigenvalue weighted by Crippen LogP contribution is -2.26. The van der Waals surface area contributed by atoms with Gasteiger partial charge in [0.25, 0.3) is 0 Å². The lowest BCUT2D eigenvalue weighted by Gasteiger charge is -2.15. The standard InChI is InChI=1S/C7H11NO2/c1-5-3-2-4-6(8-10)7(5)9/h5,10H,2-4H2,1H3/b8-6-/t5-/m0/s1. The highest BCUT2D eigenvalue weighted by Crippen LogP contribution is 2.17. The number of nitrogens with zero attached hydrogens (tertiary/aromatic N) is 1. The van der Waals surface area contributed by atoms with Gasteiger partial charge in [0, 0.05) is 5.92 Å². The van der Waals surface area contributed by atoms with Crippen LogP contribution in [0.5, 0.6) is 0 Å². The fraction of sp³-hybridized carbons (Fsp3) is 0.714. The Morgan fingerprint density at radius 2 is 2.40 bits per heavy atom. The van der Waals surface area contributed by atoms with Gasteiger partial charge in [0.05, 0.1) is 0 Å². The van der Waals surface area contributed by atoms with E-state index in [1.54, 1.807) is 0 Å². The Balaban J connectivity index is 2.69. The predicted octanol–water partition coefficient (Wildman–Crippen LogP) is 1.21. The van der Waals surface area contributed by atoms with Gasteiger partial charge in [-0.1, -0.05) is 12.1 Å². The van der Waals surface area contributed by atoms with Gasteiger partial charge in [-0.2, -0.15) is 0 Å². The van der Waals surface area contributed by atoms with Gasteiger partial charge in [0.15, 0.2) is 5.78 Å². The van der Waals surface area contributed by atoms with Crippen LogP contribution in [-0.2, 0) is 4.79 Å². The zero-order chi connectivity index (χ0) is 7.56. The van der Waals surface area contributed by atoms with Crippen LogP contribution in [-0.4, -0.2) is 16.7 Å². The van der Waals surface area contributed by atoms with Gasteiger partial charge in [-0.3, -0.25) is 4.79 Å². The van der Waals surface area contributed by atoms with Crippen LogP contribution in [0.1, 0.15) is 26.2 Å². The Bertz CT molecular complexity index is 174. The van der Waals surface area contributed by atoms with Gasteiger partial charge < -0.3 is 5.21 Å². The van der Waals surface area contributed by atoms with Crippen molar-refractivity contribution in [2.24, 2.45) is 11.1 Å². The van der Waals surface area contributed by atoms with Crippen LogP contribution in [0, 0.1) is 5.92 Å². The predicted molar refractivity (Wildman–Crippen MR) is 37.2 cm³/mol. The zero-order valence-corrected chi connectivity index (χ0v) is 6.00. The molecule has 1 N–H and O–H groups in total. The summed E-state index contributed by atoms with van der Waals surface area (Å²) in [6, 6.07) is 0. The number of carbonyl (C=O) groups is 1. The fourth-order valence-electron chi connectivity index (χ4n) is 1.21. The molecule has 3 nitrogen and oxygen atoms in total. The fourth-order valence-corrected chi connectivity index (χ4v) is 1.21. The summed E-state index contributed by atoms with van der Waals surface area (Å²) in [4.78, 5) is 11.1. The van der Waals surface area contributed by atoms with Gasteiger partial charge in [-0.25, -0.2) is 0 Å². The van der Waals surface area contributed by atoms with E-state index in [0.29, 0.717) is 12.1 Å². The Kier molecular flexibility index (Phi) is 2.04. The molecule has 0 bridgehead atoms. The van der Waals surface area contributed by atoms with Crippen LogP contribution in [0.4, 0.5) is 0 Å². The monoisotopic (exact) mass is 141 g/mol. The summed E-state index contributed by atoms with van der Waals surface area (Å²) in [7, 11) is 0. The average molecular weight is 141 g/mol. The number of carbonyl (C=O) groups excluding carboxylic acids is 1. The highest BCUT2D eigenvalue weighted by atomic mass is 16.4.